The Morgan fingerprint density at radius 2 is 0.722 bits per heavy atom. The van der Waals surface area contributed by atoms with E-state index in [1.165, 1.54) is 0 Å². The van der Waals surface area contributed by atoms with Crippen molar-refractivity contribution in [3.8, 4) is 22.9 Å². The summed E-state index contributed by atoms with van der Waals surface area (Å²) in [7, 11) is 3.31. The number of methoxy groups -OCH3 is 2. The molecule has 2 aromatic heterocycles. The number of aryl methyl sites for hydroxylation is 4. The van der Waals surface area contributed by atoms with Crippen molar-refractivity contribution in [1.29, 1.82) is 0 Å². The summed E-state index contributed by atoms with van der Waals surface area (Å²) in [5.41, 5.74) is 10.2. The van der Waals surface area contributed by atoms with Crippen molar-refractivity contribution in [2.24, 2.45) is 0 Å². The van der Waals surface area contributed by atoms with Gasteiger partial charge in [0.25, 0.3) is 0 Å². The number of ether oxygens (including phenoxy) is 8. The highest BCUT2D eigenvalue weighted by Gasteiger charge is 2.08. The molecule has 0 amide bonds. The molecule has 290 valence electrons. The molecule has 0 aliphatic heterocycles. The van der Waals surface area contributed by atoms with Gasteiger partial charge in [0.2, 0.25) is 0 Å². The molecule has 0 atom stereocenters. The third-order valence-electron chi connectivity index (χ3n) is 8.29. The zero-order valence-electron chi connectivity index (χ0n) is 32.7. The first-order valence-electron chi connectivity index (χ1n) is 18.4. The molecular weight excluding hydrogens is 684 g/mol. The van der Waals surface area contributed by atoms with Crippen LogP contribution in [0.4, 0.5) is 0 Å². The van der Waals surface area contributed by atoms with Crippen molar-refractivity contribution in [3.05, 3.63) is 105 Å². The highest BCUT2D eigenvalue weighted by Crippen LogP contribution is 2.27. The monoisotopic (exact) mass is 740 g/mol. The van der Waals surface area contributed by atoms with Crippen LogP contribution in [0.1, 0.15) is 44.5 Å². The molecule has 0 N–H and O–H groups in total. The summed E-state index contributed by atoms with van der Waals surface area (Å²) in [5.74, 6) is 1.79. The molecule has 0 spiro atoms. The molecule has 0 aliphatic rings. The SMILES string of the molecule is COCCOCCOCCOc1c(C)cc(/C=C/c2ccc(-c3ccc(/C=C/c4cc(C)c(OCCOCCOCCOC)c(C)c4)cn3)nc2)cc1C. The largest absolute Gasteiger partial charge is 0.491 e. The summed E-state index contributed by atoms with van der Waals surface area (Å²) >= 11 is 0. The minimum Gasteiger partial charge on any atom is -0.491 e. The van der Waals surface area contributed by atoms with Crippen molar-refractivity contribution in [3.63, 3.8) is 0 Å². The predicted octanol–water partition coefficient (Wildman–Crippen LogP) is 7.83. The minimum absolute atomic E-state index is 0.484. The van der Waals surface area contributed by atoms with Gasteiger partial charge in [-0.2, -0.15) is 0 Å². The number of aromatic nitrogens is 2. The molecule has 4 aromatic rings. The molecular formula is C44H56N2O8. The van der Waals surface area contributed by atoms with Crippen molar-refractivity contribution in [2.45, 2.75) is 27.7 Å². The van der Waals surface area contributed by atoms with E-state index in [1.54, 1.807) is 14.2 Å². The van der Waals surface area contributed by atoms with Gasteiger partial charge in [-0.05, 0) is 109 Å². The maximum Gasteiger partial charge on any atom is 0.125 e. The fraction of sp³-hybridized carbons (Fsp3) is 0.409. The second-order valence-corrected chi connectivity index (χ2v) is 12.7. The highest BCUT2D eigenvalue weighted by molar-refractivity contribution is 5.73. The van der Waals surface area contributed by atoms with Crippen LogP contribution in [-0.4, -0.2) is 103 Å². The third kappa shape index (κ3) is 14.8. The van der Waals surface area contributed by atoms with Gasteiger partial charge in [0.15, 0.2) is 0 Å². The van der Waals surface area contributed by atoms with E-state index in [9.17, 15) is 0 Å². The summed E-state index contributed by atoms with van der Waals surface area (Å²) in [5, 5.41) is 0. The molecule has 0 saturated heterocycles. The first-order chi connectivity index (χ1) is 26.4. The number of hydrogen-bond acceptors (Lipinski definition) is 10. The van der Waals surface area contributed by atoms with Crippen LogP contribution >= 0.6 is 0 Å². The standard InChI is InChI=1S/C44H56N2O8/c1-33-27-39(28-34(2)43(33)53-25-23-51-21-19-49-17-15-47-5)9-7-37-11-13-41(45-31-37)42-14-12-38(32-46-42)8-10-40-29-35(3)44(36(4)30-40)54-26-24-52-22-20-50-18-16-48-6/h7-14,27-32H,15-26H2,1-6H3/b9-7+,10-8+. The topological polar surface area (TPSA) is 99.6 Å². The Morgan fingerprint density at radius 1 is 0.407 bits per heavy atom. The molecule has 2 heterocycles. The summed E-state index contributed by atoms with van der Waals surface area (Å²) in [4.78, 5) is 9.36. The summed E-state index contributed by atoms with van der Waals surface area (Å²) < 4.78 is 44.0. The van der Waals surface area contributed by atoms with Gasteiger partial charge < -0.3 is 37.9 Å². The second kappa shape index (κ2) is 24.1. The van der Waals surface area contributed by atoms with Gasteiger partial charge in [-0.25, -0.2) is 0 Å². The van der Waals surface area contributed by atoms with Gasteiger partial charge in [0, 0.05) is 26.6 Å². The van der Waals surface area contributed by atoms with Crippen LogP contribution in [0.3, 0.4) is 0 Å². The maximum atomic E-state index is 6.03. The second-order valence-electron chi connectivity index (χ2n) is 12.7. The molecule has 0 aliphatic carbocycles. The van der Waals surface area contributed by atoms with Crippen LogP contribution < -0.4 is 9.47 Å². The molecule has 0 bridgehead atoms. The summed E-state index contributed by atoms with van der Waals surface area (Å²) in [6.07, 6.45) is 12.1. The molecule has 0 unspecified atom stereocenters. The van der Waals surface area contributed by atoms with Crippen LogP contribution in [0.2, 0.25) is 0 Å². The zero-order chi connectivity index (χ0) is 38.4. The van der Waals surface area contributed by atoms with Crippen molar-refractivity contribution in [2.75, 3.05) is 93.5 Å². The van der Waals surface area contributed by atoms with Crippen LogP contribution in [0.25, 0.3) is 35.7 Å². The first-order valence-corrected chi connectivity index (χ1v) is 18.4. The number of rotatable bonds is 25. The minimum atomic E-state index is 0.484. The average Bonchev–Trinajstić information content (AvgIpc) is 3.17. The van der Waals surface area contributed by atoms with Crippen LogP contribution in [0, 0.1) is 27.7 Å². The van der Waals surface area contributed by atoms with Crippen LogP contribution in [0.15, 0.2) is 60.9 Å². The van der Waals surface area contributed by atoms with Gasteiger partial charge in [-0.1, -0.05) is 36.4 Å². The van der Waals surface area contributed by atoms with Gasteiger partial charge in [-0.15, -0.1) is 0 Å². The lowest BCUT2D eigenvalue weighted by molar-refractivity contribution is 0.0179. The van der Waals surface area contributed by atoms with Crippen molar-refractivity contribution in [1.82, 2.24) is 9.97 Å². The normalized spacial score (nSPS) is 11.6. The molecule has 4 rings (SSSR count). The predicted molar refractivity (Wildman–Crippen MR) is 215 cm³/mol. The lowest BCUT2D eigenvalue weighted by Gasteiger charge is -2.13. The van der Waals surface area contributed by atoms with E-state index in [2.05, 4.69) is 98.4 Å². The summed E-state index contributed by atoms with van der Waals surface area (Å²) in [6.45, 7) is 14.7. The Bertz CT molecular complexity index is 1560. The molecule has 10 heteroatoms. The van der Waals surface area contributed by atoms with Gasteiger partial charge in [0.05, 0.1) is 77.5 Å². The lowest BCUT2D eigenvalue weighted by atomic mass is 10.0. The number of hydrogen-bond donors (Lipinski definition) is 0. The Balaban J connectivity index is 1.22. The smallest absolute Gasteiger partial charge is 0.125 e. The van der Waals surface area contributed by atoms with Crippen molar-refractivity contribution < 1.29 is 37.9 Å². The van der Waals surface area contributed by atoms with E-state index >= 15 is 0 Å². The van der Waals surface area contributed by atoms with E-state index in [0.29, 0.717) is 79.3 Å². The quantitative estimate of drug-likeness (QED) is 0.0626. The van der Waals surface area contributed by atoms with Gasteiger partial charge in [-0.3, -0.25) is 9.97 Å². The zero-order valence-corrected chi connectivity index (χ0v) is 32.7. The Hall–Kier alpha value is -4.42. The molecule has 2 aromatic carbocycles. The maximum absolute atomic E-state index is 6.03. The number of pyridine rings is 2. The molecule has 10 nitrogen and oxygen atoms in total. The first kappa shape index (κ1) is 42.3. The van der Waals surface area contributed by atoms with Crippen molar-refractivity contribution >= 4 is 24.3 Å². The van der Waals surface area contributed by atoms with Gasteiger partial charge in [0.1, 0.15) is 24.7 Å². The van der Waals surface area contributed by atoms with E-state index in [1.807, 2.05) is 24.5 Å². The average molecular weight is 741 g/mol. The molecule has 0 fully saturated rings. The number of nitrogens with zero attached hydrogens (tertiary/aromatic N) is 2. The van der Waals surface area contributed by atoms with Gasteiger partial charge >= 0.3 is 0 Å². The lowest BCUT2D eigenvalue weighted by Crippen LogP contribution is -2.13. The highest BCUT2D eigenvalue weighted by atomic mass is 16.6. The fourth-order valence-electron chi connectivity index (χ4n) is 5.64. The summed E-state index contributed by atoms with van der Waals surface area (Å²) in [6, 6.07) is 16.6. The molecule has 0 saturated carbocycles. The van der Waals surface area contributed by atoms with Crippen LogP contribution in [0.5, 0.6) is 11.5 Å². The Kier molecular flexibility index (Phi) is 18.9. The van der Waals surface area contributed by atoms with E-state index in [4.69, 9.17) is 37.9 Å². The number of benzene rings is 2. The Labute approximate surface area is 321 Å². The molecule has 0 radical (unpaired) electrons. The van der Waals surface area contributed by atoms with Crippen LogP contribution in [-0.2, 0) is 28.4 Å². The third-order valence-corrected chi connectivity index (χ3v) is 8.29. The van der Waals surface area contributed by atoms with E-state index < -0.39 is 0 Å². The Morgan fingerprint density at radius 3 is 1.04 bits per heavy atom. The fourth-order valence-corrected chi connectivity index (χ4v) is 5.64. The van der Waals surface area contributed by atoms with E-state index in [-0.39, 0.29) is 0 Å². The molecule has 54 heavy (non-hydrogen) atoms. The van der Waals surface area contributed by atoms with E-state index in [0.717, 1.165) is 67.4 Å².